The minimum Gasteiger partial charge on any atom is -0.355 e. The maximum Gasteiger partial charge on any atom is 0.291 e. The minimum absolute atomic E-state index is 0.0936. The van der Waals surface area contributed by atoms with Crippen molar-refractivity contribution in [3.05, 3.63) is 50.1 Å². The van der Waals surface area contributed by atoms with Gasteiger partial charge in [0.2, 0.25) is 0 Å². The van der Waals surface area contributed by atoms with Crippen molar-refractivity contribution in [2.45, 2.75) is 0 Å². The van der Waals surface area contributed by atoms with Crippen molar-refractivity contribution in [2.24, 2.45) is 0 Å². The summed E-state index contributed by atoms with van der Waals surface area (Å²) in [4.78, 5) is 25.1. The first kappa shape index (κ1) is 14.9. The number of nitrogens with one attached hydrogen (secondary N) is 2. The van der Waals surface area contributed by atoms with Crippen molar-refractivity contribution in [1.82, 2.24) is 16.0 Å². The summed E-state index contributed by atoms with van der Waals surface area (Å²) in [6.07, 6.45) is 0. The molecule has 3 rings (SSSR count). The van der Waals surface area contributed by atoms with Gasteiger partial charge in [0.15, 0.2) is 11.5 Å². The third-order valence-corrected chi connectivity index (χ3v) is 5.10. The van der Waals surface area contributed by atoms with Crippen LogP contribution in [0.4, 0.5) is 0 Å². The van der Waals surface area contributed by atoms with E-state index in [1.54, 1.807) is 12.1 Å². The number of aromatic nitrogens is 1. The number of rotatable bonds is 3. The predicted octanol–water partition coefficient (Wildman–Crippen LogP) is 3.30. The molecule has 0 saturated carbocycles. The first-order valence-corrected chi connectivity index (χ1v) is 8.49. The van der Waals surface area contributed by atoms with Crippen molar-refractivity contribution in [1.29, 1.82) is 0 Å². The summed E-state index contributed by atoms with van der Waals surface area (Å²) in [5, 5.41) is 5.59. The smallest absolute Gasteiger partial charge is 0.291 e. The summed E-state index contributed by atoms with van der Waals surface area (Å²) in [6, 6.07) is 8.67. The molecule has 3 aromatic heterocycles. The fourth-order valence-corrected chi connectivity index (χ4v) is 3.55. The second kappa shape index (κ2) is 6.42. The maximum atomic E-state index is 11.9. The number of hydrogen-bond acceptors (Lipinski definition) is 6. The van der Waals surface area contributed by atoms with Crippen LogP contribution in [-0.2, 0) is 0 Å². The van der Waals surface area contributed by atoms with Gasteiger partial charge in [-0.05, 0) is 39.5 Å². The van der Waals surface area contributed by atoms with Gasteiger partial charge in [0.1, 0.15) is 0 Å². The Labute approximate surface area is 141 Å². The Morgan fingerprint density at radius 1 is 1.18 bits per heavy atom. The highest BCUT2D eigenvalue weighted by Crippen LogP contribution is 2.25. The maximum absolute atomic E-state index is 11.9. The zero-order chi connectivity index (χ0) is 15.5. The van der Waals surface area contributed by atoms with Gasteiger partial charge in [0, 0.05) is 6.07 Å². The van der Waals surface area contributed by atoms with Crippen LogP contribution in [0.15, 0.2) is 44.0 Å². The van der Waals surface area contributed by atoms with Gasteiger partial charge < -0.3 is 4.52 Å². The summed E-state index contributed by atoms with van der Waals surface area (Å²) in [7, 11) is 0. The SMILES string of the molecule is O=C(NNC(=O)c1ccc(Br)s1)c1cc(-c2cccs2)on1. The molecule has 0 aliphatic heterocycles. The van der Waals surface area contributed by atoms with Crippen LogP contribution in [0.1, 0.15) is 20.2 Å². The van der Waals surface area contributed by atoms with Crippen molar-refractivity contribution >= 4 is 50.4 Å². The number of thiophene rings is 2. The van der Waals surface area contributed by atoms with E-state index in [1.807, 2.05) is 17.5 Å². The quantitative estimate of drug-likeness (QED) is 0.663. The lowest BCUT2D eigenvalue weighted by Crippen LogP contribution is -2.41. The van der Waals surface area contributed by atoms with Gasteiger partial charge in [-0.3, -0.25) is 20.4 Å². The van der Waals surface area contributed by atoms with Crippen LogP contribution in [0.2, 0.25) is 0 Å². The number of halogens is 1. The normalized spacial score (nSPS) is 10.4. The summed E-state index contributed by atoms with van der Waals surface area (Å²) in [5.41, 5.74) is 4.72. The Hall–Kier alpha value is -1.97. The molecule has 0 bridgehead atoms. The van der Waals surface area contributed by atoms with Gasteiger partial charge in [-0.1, -0.05) is 11.2 Å². The molecule has 0 unspecified atom stereocenters. The van der Waals surface area contributed by atoms with E-state index in [-0.39, 0.29) is 5.69 Å². The highest BCUT2D eigenvalue weighted by atomic mass is 79.9. The molecule has 0 saturated heterocycles. The van der Waals surface area contributed by atoms with Crippen LogP contribution in [0.5, 0.6) is 0 Å². The fourth-order valence-electron chi connectivity index (χ4n) is 1.59. The van der Waals surface area contributed by atoms with E-state index in [9.17, 15) is 9.59 Å². The molecule has 0 spiro atoms. The predicted molar refractivity (Wildman–Crippen MR) is 86.8 cm³/mol. The van der Waals surface area contributed by atoms with Gasteiger partial charge in [-0.2, -0.15) is 0 Å². The van der Waals surface area contributed by atoms with Gasteiger partial charge in [-0.25, -0.2) is 0 Å². The number of amides is 2. The Kier molecular flexibility index (Phi) is 4.36. The molecule has 6 nitrogen and oxygen atoms in total. The lowest BCUT2D eigenvalue weighted by molar-refractivity contribution is 0.0843. The van der Waals surface area contributed by atoms with E-state index < -0.39 is 11.8 Å². The van der Waals surface area contributed by atoms with E-state index in [4.69, 9.17) is 4.52 Å². The lowest BCUT2D eigenvalue weighted by atomic mass is 10.3. The summed E-state index contributed by atoms with van der Waals surface area (Å²) in [6.45, 7) is 0. The summed E-state index contributed by atoms with van der Waals surface area (Å²) in [5.74, 6) is -0.435. The first-order chi connectivity index (χ1) is 10.6. The van der Waals surface area contributed by atoms with Crippen LogP contribution in [0.3, 0.4) is 0 Å². The first-order valence-electron chi connectivity index (χ1n) is 6.00. The molecule has 2 amide bonds. The molecule has 9 heteroatoms. The van der Waals surface area contributed by atoms with Crippen molar-refractivity contribution in [3.63, 3.8) is 0 Å². The zero-order valence-corrected chi connectivity index (χ0v) is 14.0. The topological polar surface area (TPSA) is 84.2 Å². The second-order valence-electron chi connectivity index (χ2n) is 4.07. The Morgan fingerprint density at radius 2 is 2.00 bits per heavy atom. The number of carbonyl (C=O) groups is 2. The molecule has 0 atom stereocenters. The number of hydrogen-bond donors (Lipinski definition) is 2. The van der Waals surface area contributed by atoms with E-state index >= 15 is 0 Å². The van der Waals surface area contributed by atoms with Gasteiger partial charge in [0.05, 0.1) is 13.5 Å². The molecular formula is C13H8BrN3O3S2. The van der Waals surface area contributed by atoms with Gasteiger partial charge in [-0.15, -0.1) is 22.7 Å². The molecule has 112 valence electrons. The Balaban J connectivity index is 1.61. The highest BCUT2D eigenvalue weighted by molar-refractivity contribution is 9.11. The van der Waals surface area contributed by atoms with Gasteiger partial charge in [0.25, 0.3) is 11.8 Å². The van der Waals surface area contributed by atoms with Crippen molar-refractivity contribution < 1.29 is 14.1 Å². The van der Waals surface area contributed by atoms with Crippen LogP contribution in [-0.4, -0.2) is 17.0 Å². The standard InChI is InChI=1S/C13H8BrN3O3S2/c14-11-4-3-10(22-11)13(19)16-15-12(18)7-6-8(20-17-7)9-2-1-5-21-9/h1-6H,(H,15,18)(H,16,19). The third kappa shape index (κ3) is 3.26. The van der Waals surface area contributed by atoms with E-state index in [1.165, 1.54) is 28.7 Å². The molecule has 3 heterocycles. The number of nitrogens with zero attached hydrogens (tertiary/aromatic N) is 1. The number of hydrazine groups is 1. The molecule has 0 aliphatic rings. The minimum atomic E-state index is -0.546. The molecule has 0 fully saturated rings. The van der Waals surface area contributed by atoms with E-state index in [0.29, 0.717) is 10.6 Å². The average Bonchev–Trinajstić information content (AvgIpc) is 3.23. The molecule has 22 heavy (non-hydrogen) atoms. The Morgan fingerprint density at radius 3 is 2.68 bits per heavy atom. The molecule has 2 N–H and O–H groups in total. The lowest BCUT2D eigenvalue weighted by Gasteiger charge is -2.03. The molecular weight excluding hydrogens is 390 g/mol. The monoisotopic (exact) mass is 397 g/mol. The van der Waals surface area contributed by atoms with E-state index in [2.05, 4.69) is 31.9 Å². The van der Waals surface area contributed by atoms with Crippen LogP contribution in [0, 0.1) is 0 Å². The van der Waals surface area contributed by atoms with Crippen LogP contribution in [0.25, 0.3) is 10.6 Å². The number of carbonyl (C=O) groups excluding carboxylic acids is 2. The summed E-state index contributed by atoms with van der Waals surface area (Å²) < 4.78 is 5.94. The molecule has 0 aromatic carbocycles. The van der Waals surface area contributed by atoms with Crippen LogP contribution < -0.4 is 10.9 Å². The second-order valence-corrected chi connectivity index (χ2v) is 7.48. The van der Waals surface area contributed by atoms with Gasteiger partial charge >= 0.3 is 0 Å². The highest BCUT2D eigenvalue weighted by Gasteiger charge is 2.15. The van der Waals surface area contributed by atoms with E-state index in [0.717, 1.165) is 8.66 Å². The average molecular weight is 398 g/mol. The largest absolute Gasteiger partial charge is 0.355 e. The molecule has 0 aliphatic carbocycles. The van der Waals surface area contributed by atoms with Crippen LogP contribution >= 0.6 is 38.6 Å². The molecule has 3 aromatic rings. The zero-order valence-electron chi connectivity index (χ0n) is 10.8. The van der Waals surface area contributed by atoms with Crippen molar-refractivity contribution in [3.8, 4) is 10.6 Å². The Bertz CT molecular complexity index is 810. The fraction of sp³-hybridized carbons (Fsp3) is 0. The summed E-state index contributed by atoms with van der Waals surface area (Å²) >= 11 is 6.02. The molecule has 0 radical (unpaired) electrons. The third-order valence-electron chi connectivity index (χ3n) is 2.59. The van der Waals surface area contributed by atoms with Crippen molar-refractivity contribution in [2.75, 3.05) is 0 Å².